The summed E-state index contributed by atoms with van der Waals surface area (Å²) >= 11 is 0. The van der Waals surface area contributed by atoms with Crippen molar-refractivity contribution in [3.8, 4) is 5.75 Å². The average molecular weight is 367 g/mol. The molecule has 1 aromatic carbocycles. The lowest BCUT2D eigenvalue weighted by molar-refractivity contribution is -0.133. The van der Waals surface area contributed by atoms with Crippen molar-refractivity contribution >= 4 is 11.6 Å². The van der Waals surface area contributed by atoms with Gasteiger partial charge in [0.05, 0.1) is 12.8 Å². The molecule has 2 aliphatic heterocycles. The number of carbonyl (C=O) groups excluding carboxylic acids is 1. The number of anilines is 1. The number of aromatic nitrogens is 1. The summed E-state index contributed by atoms with van der Waals surface area (Å²) in [5.74, 6) is 1.04. The van der Waals surface area contributed by atoms with Gasteiger partial charge >= 0.3 is 0 Å². The van der Waals surface area contributed by atoms with Crippen molar-refractivity contribution < 1.29 is 9.53 Å². The molecule has 2 saturated heterocycles. The molecule has 0 saturated carbocycles. The number of carbonyl (C=O) groups is 1. The number of rotatable bonds is 4. The van der Waals surface area contributed by atoms with E-state index in [0.29, 0.717) is 0 Å². The van der Waals surface area contributed by atoms with Crippen LogP contribution in [0.1, 0.15) is 18.0 Å². The molecule has 7 nitrogen and oxygen atoms in total. The first-order valence-electron chi connectivity index (χ1n) is 9.34. The van der Waals surface area contributed by atoms with Crippen LogP contribution in [0.3, 0.4) is 0 Å². The molecular weight excluding hydrogens is 342 g/mol. The van der Waals surface area contributed by atoms with E-state index in [-0.39, 0.29) is 18.0 Å². The quantitative estimate of drug-likeness (QED) is 0.850. The van der Waals surface area contributed by atoms with Gasteiger partial charge in [-0.15, -0.1) is 0 Å². The van der Waals surface area contributed by atoms with E-state index in [1.165, 1.54) is 0 Å². The van der Waals surface area contributed by atoms with Crippen LogP contribution < -0.4 is 20.5 Å². The standard InChI is InChI=1S/C20H25N5O2/c1-27-19-5-3-2-4-18(19)24-10-12-25(13-11-24)20(26)17-14-16(22-23-17)15-6-8-21-9-7-15/h2-9,16-17,22-23H,10-14H2,1H3. The Kier molecular flexibility index (Phi) is 5.22. The van der Waals surface area contributed by atoms with Gasteiger partial charge < -0.3 is 14.5 Å². The molecule has 1 aromatic heterocycles. The highest BCUT2D eigenvalue weighted by Crippen LogP contribution is 2.29. The van der Waals surface area contributed by atoms with E-state index in [1.807, 2.05) is 35.2 Å². The molecule has 0 aliphatic carbocycles. The van der Waals surface area contributed by atoms with Crippen LogP contribution in [0.2, 0.25) is 0 Å². The molecular formula is C20H25N5O2. The molecule has 7 heteroatoms. The SMILES string of the molecule is COc1ccccc1N1CCN(C(=O)C2CC(c3ccncc3)NN2)CC1. The Labute approximate surface area is 159 Å². The summed E-state index contributed by atoms with van der Waals surface area (Å²) in [6.07, 6.45) is 4.31. The van der Waals surface area contributed by atoms with E-state index in [1.54, 1.807) is 19.5 Å². The number of amides is 1. The fourth-order valence-corrected chi connectivity index (χ4v) is 3.81. The van der Waals surface area contributed by atoms with Gasteiger partial charge in [-0.25, -0.2) is 10.9 Å². The monoisotopic (exact) mass is 367 g/mol. The molecule has 2 atom stereocenters. The van der Waals surface area contributed by atoms with Gasteiger partial charge in [-0.2, -0.15) is 0 Å². The summed E-state index contributed by atoms with van der Waals surface area (Å²) in [5.41, 5.74) is 8.64. The van der Waals surface area contributed by atoms with Crippen molar-refractivity contribution in [1.82, 2.24) is 20.7 Å². The maximum Gasteiger partial charge on any atom is 0.241 e. The summed E-state index contributed by atoms with van der Waals surface area (Å²) in [4.78, 5) is 21.2. The Morgan fingerprint density at radius 3 is 2.56 bits per heavy atom. The second-order valence-corrected chi connectivity index (χ2v) is 6.89. The van der Waals surface area contributed by atoms with Crippen LogP contribution in [-0.2, 0) is 4.79 Å². The highest BCUT2D eigenvalue weighted by atomic mass is 16.5. The van der Waals surface area contributed by atoms with Crippen LogP contribution in [0.25, 0.3) is 0 Å². The predicted octanol–water partition coefficient (Wildman–Crippen LogP) is 1.35. The minimum atomic E-state index is -0.194. The first-order valence-corrected chi connectivity index (χ1v) is 9.34. The van der Waals surface area contributed by atoms with Crippen LogP contribution >= 0.6 is 0 Å². The molecule has 2 aliphatic rings. The molecule has 2 unspecified atom stereocenters. The molecule has 1 amide bonds. The van der Waals surface area contributed by atoms with E-state index in [0.717, 1.165) is 49.6 Å². The zero-order valence-corrected chi connectivity index (χ0v) is 15.5. The first kappa shape index (κ1) is 17.8. The van der Waals surface area contributed by atoms with Crippen LogP contribution in [0.4, 0.5) is 5.69 Å². The second kappa shape index (κ2) is 7.94. The second-order valence-electron chi connectivity index (χ2n) is 6.89. The molecule has 2 N–H and O–H groups in total. The number of hydrogen-bond donors (Lipinski definition) is 2. The Balaban J connectivity index is 1.34. The van der Waals surface area contributed by atoms with Gasteiger partial charge in [-0.3, -0.25) is 9.78 Å². The highest BCUT2D eigenvalue weighted by molar-refractivity contribution is 5.82. The molecule has 0 spiro atoms. The van der Waals surface area contributed by atoms with E-state index >= 15 is 0 Å². The number of nitrogens with one attached hydrogen (secondary N) is 2. The lowest BCUT2D eigenvalue weighted by Gasteiger charge is -2.37. The number of hydrazine groups is 1. The minimum Gasteiger partial charge on any atom is -0.495 e. The molecule has 0 bridgehead atoms. The lowest BCUT2D eigenvalue weighted by Crippen LogP contribution is -2.53. The Morgan fingerprint density at radius 1 is 1.07 bits per heavy atom. The number of hydrogen-bond acceptors (Lipinski definition) is 6. The first-order chi connectivity index (χ1) is 13.3. The minimum absolute atomic E-state index is 0.136. The Morgan fingerprint density at radius 2 is 1.81 bits per heavy atom. The topological polar surface area (TPSA) is 69.7 Å². The Hall–Kier alpha value is -2.64. The largest absolute Gasteiger partial charge is 0.495 e. The maximum atomic E-state index is 12.9. The molecule has 2 fully saturated rings. The normalized spacial score (nSPS) is 22.7. The van der Waals surface area contributed by atoms with Gasteiger partial charge in [0, 0.05) is 44.6 Å². The van der Waals surface area contributed by atoms with E-state index in [9.17, 15) is 4.79 Å². The molecule has 0 radical (unpaired) electrons. The number of methoxy groups -OCH3 is 1. The third kappa shape index (κ3) is 3.74. The van der Waals surface area contributed by atoms with Crippen LogP contribution in [0, 0.1) is 0 Å². The molecule has 142 valence electrons. The molecule has 3 heterocycles. The summed E-state index contributed by atoms with van der Waals surface area (Å²) in [7, 11) is 1.69. The van der Waals surface area contributed by atoms with Gasteiger partial charge in [0.1, 0.15) is 11.8 Å². The van der Waals surface area contributed by atoms with Gasteiger partial charge in [-0.05, 0) is 36.2 Å². The lowest BCUT2D eigenvalue weighted by atomic mass is 10.0. The van der Waals surface area contributed by atoms with Gasteiger partial charge in [0.2, 0.25) is 5.91 Å². The predicted molar refractivity (Wildman–Crippen MR) is 103 cm³/mol. The van der Waals surface area contributed by atoms with Gasteiger partial charge in [0.15, 0.2) is 0 Å². The zero-order valence-electron chi connectivity index (χ0n) is 15.5. The number of piperazine rings is 1. The zero-order chi connectivity index (χ0) is 18.6. The van der Waals surface area contributed by atoms with E-state index < -0.39 is 0 Å². The van der Waals surface area contributed by atoms with Crippen molar-refractivity contribution in [2.75, 3.05) is 38.2 Å². The van der Waals surface area contributed by atoms with E-state index in [4.69, 9.17) is 4.74 Å². The van der Waals surface area contributed by atoms with Crippen LogP contribution in [0.15, 0.2) is 48.8 Å². The van der Waals surface area contributed by atoms with Crippen molar-refractivity contribution in [3.05, 3.63) is 54.4 Å². The molecule has 2 aromatic rings. The Bertz CT molecular complexity index is 777. The smallest absolute Gasteiger partial charge is 0.241 e. The number of ether oxygens (including phenoxy) is 1. The summed E-state index contributed by atoms with van der Waals surface area (Å²) in [6.45, 7) is 3.05. The van der Waals surface area contributed by atoms with Gasteiger partial charge in [-0.1, -0.05) is 12.1 Å². The molecule has 4 rings (SSSR count). The van der Waals surface area contributed by atoms with Crippen molar-refractivity contribution in [1.29, 1.82) is 0 Å². The van der Waals surface area contributed by atoms with Gasteiger partial charge in [0.25, 0.3) is 0 Å². The fourth-order valence-electron chi connectivity index (χ4n) is 3.81. The van der Waals surface area contributed by atoms with Crippen molar-refractivity contribution in [2.24, 2.45) is 0 Å². The number of nitrogens with zero attached hydrogens (tertiary/aromatic N) is 3. The number of benzene rings is 1. The van der Waals surface area contributed by atoms with Crippen LogP contribution in [-0.4, -0.2) is 55.1 Å². The van der Waals surface area contributed by atoms with E-state index in [2.05, 4.69) is 26.8 Å². The summed E-state index contributed by atoms with van der Waals surface area (Å²) < 4.78 is 5.46. The molecule has 27 heavy (non-hydrogen) atoms. The average Bonchev–Trinajstić information content (AvgIpc) is 3.24. The number of para-hydroxylation sites is 2. The number of pyridine rings is 1. The highest BCUT2D eigenvalue weighted by Gasteiger charge is 2.34. The third-order valence-corrected chi connectivity index (χ3v) is 5.33. The van der Waals surface area contributed by atoms with Crippen molar-refractivity contribution in [3.63, 3.8) is 0 Å². The summed E-state index contributed by atoms with van der Waals surface area (Å²) in [5, 5.41) is 0. The van der Waals surface area contributed by atoms with Crippen molar-refractivity contribution in [2.45, 2.75) is 18.5 Å². The maximum absolute atomic E-state index is 12.9. The third-order valence-electron chi connectivity index (χ3n) is 5.33. The summed E-state index contributed by atoms with van der Waals surface area (Å²) in [6, 6.07) is 11.9. The van der Waals surface area contributed by atoms with Crippen LogP contribution in [0.5, 0.6) is 5.75 Å². The fraction of sp³-hybridized carbons (Fsp3) is 0.400.